The summed E-state index contributed by atoms with van der Waals surface area (Å²) < 4.78 is 0. The first-order valence-electron chi connectivity index (χ1n) is 6.22. The topological polar surface area (TPSA) is 58.2 Å². The van der Waals surface area contributed by atoms with Crippen molar-refractivity contribution in [1.29, 1.82) is 0 Å². The second kappa shape index (κ2) is 5.21. The Kier molecular flexibility index (Phi) is 3.65. The normalized spacial score (nSPS) is 21.2. The van der Waals surface area contributed by atoms with Crippen LogP contribution in [0.25, 0.3) is 0 Å². The average Bonchev–Trinajstić information content (AvgIpc) is 3.03. The lowest BCUT2D eigenvalue weighted by atomic mass is 10.1. The first kappa shape index (κ1) is 12.6. The van der Waals surface area contributed by atoms with Crippen molar-refractivity contribution in [3.63, 3.8) is 0 Å². The van der Waals surface area contributed by atoms with E-state index in [1.807, 2.05) is 0 Å². The van der Waals surface area contributed by atoms with Crippen LogP contribution in [0.15, 0.2) is 24.3 Å². The Morgan fingerprint density at radius 1 is 1.39 bits per heavy atom. The number of carbonyl (C=O) groups is 2. The maximum atomic E-state index is 11.6. The largest absolute Gasteiger partial charge is 0.338 e. The van der Waals surface area contributed by atoms with Crippen molar-refractivity contribution in [3.05, 3.63) is 29.8 Å². The van der Waals surface area contributed by atoms with Crippen LogP contribution in [0, 0.1) is 11.8 Å². The molecule has 2 atom stereocenters. The van der Waals surface area contributed by atoms with E-state index in [1.54, 1.807) is 24.3 Å². The van der Waals surface area contributed by atoms with Crippen molar-refractivity contribution < 1.29 is 9.59 Å². The summed E-state index contributed by atoms with van der Waals surface area (Å²) >= 11 is 0. The number of amides is 2. The van der Waals surface area contributed by atoms with Crippen LogP contribution < -0.4 is 10.6 Å². The highest BCUT2D eigenvalue weighted by molar-refractivity contribution is 5.96. The van der Waals surface area contributed by atoms with Crippen LogP contribution in [0.3, 0.4) is 0 Å². The van der Waals surface area contributed by atoms with Crippen LogP contribution >= 0.6 is 0 Å². The van der Waals surface area contributed by atoms with Gasteiger partial charge >= 0.3 is 6.03 Å². The van der Waals surface area contributed by atoms with Crippen LogP contribution in [0.2, 0.25) is 0 Å². The monoisotopic (exact) mass is 246 g/mol. The number of hydrogen-bond acceptors (Lipinski definition) is 2. The van der Waals surface area contributed by atoms with E-state index in [2.05, 4.69) is 17.6 Å². The van der Waals surface area contributed by atoms with Crippen molar-refractivity contribution >= 4 is 17.5 Å². The smallest absolute Gasteiger partial charge is 0.319 e. The summed E-state index contributed by atoms with van der Waals surface area (Å²) in [6.45, 7) is 4.41. The third-order valence-corrected chi connectivity index (χ3v) is 3.33. The molecule has 2 amide bonds. The average molecular weight is 246 g/mol. The maximum absolute atomic E-state index is 11.6. The van der Waals surface area contributed by atoms with E-state index >= 15 is 0 Å². The van der Waals surface area contributed by atoms with Gasteiger partial charge in [0.25, 0.3) is 0 Å². The molecule has 0 spiro atoms. The molecule has 4 heteroatoms. The Hall–Kier alpha value is -1.84. The maximum Gasteiger partial charge on any atom is 0.319 e. The Morgan fingerprint density at radius 2 is 2.11 bits per heavy atom. The van der Waals surface area contributed by atoms with Crippen LogP contribution in [0.4, 0.5) is 10.5 Å². The highest BCUT2D eigenvalue weighted by atomic mass is 16.2. The van der Waals surface area contributed by atoms with Crippen LogP contribution in [0.5, 0.6) is 0 Å². The third-order valence-electron chi connectivity index (χ3n) is 3.33. The predicted octanol–water partition coefficient (Wildman–Crippen LogP) is 2.67. The minimum Gasteiger partial charge on any atom is -0.338 e. The fourth-order valence-corrected chi connectivity index (χ4v) is 1.90. The molecule has 96 valence electrons. The first-order chi connectivity index (χ1) is 8.56. The minimum atomic E-state index is -0.213. The van der Waals surface area contributed by atoms with Crippen molar-refractivity contribution in [2.24, 2.45) is 11.8 Å². The Labute approximate surface area is 107 Å². The molecule has 1 aliphatic rings. The van der Waals surface area contributed by atoms with Gasteiger partial charge in [-0.1, -0.05) is 19.1 Å². The first-order valence-corrected chi connectivity index (χ1v) is 6.22. The molecule has 1 fully saturated rings. The molecule has 2 unspecified atom stereocenters. The number of nitrogens with one attached hydrogen (secondary N) is 2. The van der Waals surface area contributed by atoms with E-state index in [0.717, 1.165) is 12.5 Å². The summed E-state index contributed by atoms with van der Waals surface area (Å²) in [5, 5.41) is 5.57. The van der Waals surface area contributed by atoms with Gasteiger partial charge in [0.1, 0.15) is 0 Å². The number of rotatable bonds is 4. The molecular formula is C14H18N2O2. The molecule has 2 rings (SSSR count). The van der Waals surface area contributed by atoms with Crippen molar-refractivity contribution in [2.75, 3.05) is 11.9 Å². The zero-order valence-electron chi connectivity index (χ0n) is 10.7. The molecule has 1 saturated carbocycles. The van der Waals surface area contributed by atoms with Gasteiger partial charge in [-0.3, -0.25) is 4.79 Å². The van der Waals surface area contributed by atoms with Gasteiger partial charge in [0, 0.05) is 17.8 Å². The van der Waals surface area contributed by atoms with E-state index in [-0.39, 0.29) is 11.8 Å². The fourth-order valence-electron chi connectivity index (χ4n) is 1.90. The molecule has 1 aromatic carbocycles. The molecule has 1 aliphatic carbocycles. The van der Waals surface area contributed by atoms with Gasteiger partial charge in [-0.15, -0.1) is 0 Å². The molecule has 1 aromatic rings. The summed E-state index contributed by atoms with van der Waals surface area (Å²) in [5.41, 5.74) is 1.24. The lowest BCUT2D eigenvalue weighted by Crippen LogP contribution is -2.30. The van der Waals surface area contributed by atoms with Crippen molar-refractivity contribution in [2.45, 2.75) is 20.3 Å². The van der Waals surface area contributed by atoms with Crippen molar-refractivity contribution in [3.8, 4) is 0 Å². The number of Topliss-reactive ketones (excluding diaryl/α,β-unsaturated/α-hetero) is 1. The minimum absolute atomic E-state index is 0.00846. The van der Waals surface area contributed by atoms with E-state index in [9.17, 15) is 9.59 Å². The number of ketones is 1. The second-order valence-corrected chi connectivity index (χ2v) is 4.95. The van der Waals surface area contributed by atoms with E-state index in [0.29, 0.717) is 17.2 Å². The summed E-state index contributed by atoms with van der Waals surface area (Å²) in [4.78, 5) is 22.8. The Balaban J connectivity index is 1.86. The van der Waals surface area contributed by atoms with Crippen LogP contribution in [0.1, 0.15) is 30.6 Å². The third kappa shape index (κ3) is 3.32. The molecule has 0 aromatic heterocycles. The summed E-state index contributed by atoms with van der Waals surface area (Å²) in [6, 6.07) is 6.73. The molecule has 0 aliphatic heterocycles. The molecule has 2 N–H and O–H groups in total. The van der Waals surface area contributed by atoms with E-state index in [1.165, 1.54) is 13.3 Å². The van der Waals surface area contributed by atoms with Gasteiger partial charge in [-0.25, -0.2) is 4.79 Å². The molecule has 0 bridgehead atoms. The van der Waals surface area contributed by atoms with Gasteiger partial charge in [-0.05, 0) is 37.3 Å². The van der Waals surface area contributed by atoms with Gasteiger partial charge in [-0.2, -0.15) is 0 Å². The van der Waals surface area contributed by atoms with Gasteiger partial charge in [0.05, 0.1) is 0 Å². The standard InChI is InChI=1S/C14H18N2O2/c1-9-6-12(9)8-15-14(18)16-13-5-3-4-11(7-13)10(2)17/h3-5,7,9,12H,6,8H2,1-2H3,(H2,15,16,18). The molecule has 0 saturated heterocycles. The van der Waals surface area contributed by atoms with Crippen molar-refractivity contribution in [1.82, 2.24) is 5.32 Å². The predicted molar refractivity (Wildman–Crippen MR) is 70.7 cm³/mol. The van der Waals surface area contributed by atoms with Gasteiger partial charge in [0.2, 0.25) is 0 Å². The van der Waals surface area contributed by atoms with E-state index in [4.69, 9.17) is 0 Å². The molecule has 0 heterocycles. The molecule has 4 nitrogen and oxygen atoms in total. The SMILES string of the molecule is CC(=O)c1cccc(NC(=O)NCC2CC2C)c1. The number of urea groups is 1. The summed E-state index contributed by atoms with van der Waals surface area (Å²) in [6.07, 6.45) is 1.19. The number of benzene rings is 1. The zero-order valence-corrected chi connectivity index (χ0v) is 10.7. The van der Waals surface area contributed by atoms with E-state index < -0.39 is 0 Å². The summed E-state index contributed by atoms with van der Waals surface area (Å²) in [7, 11) is 0. The molecule has 0 radical (unpaired) electrons. The Morgan fingerprint density at radius 3 is 2.72 bits per heavy atom. The van der Waals surface area contributed by atoms with Crippen LogP contribution in [-0.4, -0.2) is 18.4 Å². The molecule has 18 heavy (non-hydrogen) atoms. The van der Waals surface area contributed by atoms with Crippen LogP contribution in [-0.2, 0) is 0 Å². The lowest BCUT2D eigenvalue weighted by Gasteiger charge is -2.08. The van der Waals surface area contributed by atoms with Gasteiger partial charge in [0.15, 0.2) is 5.78 Å². The second-order valence-electron chi connectivity index (χ2n) is 4.95. The lowest BCUT2D eigenvalue weighted by molar-refractivity contribution is 0.101. The number of anilines is 1. The number of hydrogen-bond donors (Lipinski definition) is 2. The summed E-state index contributed by atoms with van der Waals surface area (Å²) in [5.74, 6) is 1.34. The van der Waals surface area contributed by atoms with Gasteiger partial charge < -0.3 is 10.6 Å². The molecular weight excluding hydrogens is 228 g/mol. The Bertz CT molecular complexity index is 471. The quantitative estimate of drug-likeness (QED) is 0.802. The highest BCUT2D eigenvalue weighted by Crippen LogP contribution is 2.36. The highest BCUT2D eigenvalue weighted by Gasteiger charge is 2.32. The fraction of sp³-hybridized carbons (Fsp3) is 0.429. The zero-order chi connectivity index (χ0) is 13.1. The number of carbonyl (C=O) groups excluding carboxylic acids is 2.